The normalized spacial score (nSPS) is 11.8. The van der Waals surface area contributed by atoms with Crippen molar-refractivity contribution < 1.29 is 149 Å². The molecule has 0 aliphatic rings. The number of aromatic nitrogens is 10. The SMILES string of the molecule is C[Si](C)(C)c1ccn(-c2[c-]ccc3c2oc2ccccc23)n1.C[Si](C)(C)c1ccnn1-c1[c-]ccc2c1oc1ccccc12.C[Si](C)(C)c1cnn(-c2[c-]ccc3c2oc2ccccc23)c1.FC(F)(F)c1ccn(-c2[c-]ccc3c2oc2ccccc23)n1.FC(F)(F)c1ccnn1-c1[c-]ccc2c1oc1ccccc12.[Ir].[Ir].[Ir].[Ir].[Ir]. The van der Waals surface area contributed by atoms with Gasteiger partial charge in [-0.1, -0.05) is 177 Å². The number of benzene rings is 10. The van der Waals surface area contributed by atoms with E-state index in [4.69, 9.17) is 27.2 Å². The Morgan fingerprint density at radius 3 is 1.01 bits per heavy atom. The van der Waals surface area contributed by atoms with E-state index in [-0.39, 0.29) is 106 Å². The summed E-state index contributed by atoms with van der Waals surface area (Å²) in [7, 11) is -4.29. The summed E-state index contributed by atoms with van der Waals surface area (Å²) < 4.78 is 115. The van der Waals surface area contributed by atoms with E-state index in [2.05, 4.69) is 152 Å². The Bertz CT molecular complexity index is 6260. The van der Waals surface area contributed by atoms with Crippen LogP contribution in [0.2, 0.25) is 58.9 Å². The average molecular weight is 2480 g/mol. The Balaban J connectivity index is 0.000000140. The van der Waals surface area contributed by atoms with E-state index in [0.717, 1.165) is 132 Å². The first-order valence-electron chi connectivity index (χ1n) is 35.2. The molecule has 0 aliphatic carbocycles. The number of halogens is 6. The first-order valence-corrected chi connectivity index (χ1v) is 45.7. The van der Waals surface area contributed by atoms with Gasteiger partial charge in [0, 0.05) is 203 Å². The van der Waals surface area contributed by atoms with E-state index in [1.54, 1.807) is 24.3 Å². The molecule has 0 bridgehead atoms. The van der Waals surface area contributed by atoms with Crippen LogP contribution in [0.5, 0.6) is 0 Å². The van der Waals surface area contributed by atoms with E-state index >= 15 is 0 Å². The Kier molecular flexibility index (Phi) is 26.0. The molecule has 10 heterocycles. The van der Waals surface area contributed by atoms with Crippen LogP contribution < -0.4 is 15.8 Å². The topological polar surface area (TPSA) is 155 Å². The standard InChI is InChI=1S/3C18H17N2OSi.2C16H8F3N2O.5Ir/c1-22(2,3)13-11-19-20(12-13)16-9-6-8-15-14-7-4-5-10-17(14)21-18(15)16;1-22(2,3)17-11-12-20(19-17)15-9-6-8-14-13-7-4-5-10-16(13)21-18(14)15;1-22(2,3)17-11-12-19-20(17)15-9-6-8-14-13-7-4-5-10-16(13)21-18(14)15;17-16(18,19)14-8-9-21(20-14)12-6-3-5-11-10-4-1-2-7-13(10)22-15(11)12;17-16(18,19)14-8-9-20-21(14)12-6-3-5-11-10-4-1-2-7-13(10)22-15(11)12;;;;;/h3*4-8,10-12H,1-3H3;2*1-5,7-9H;;;;;/q5*-1;;;;;. The predicted octanol–water partition coefficient (Wildman–Crippen LogP) is 21.5. The predicted molar refractivity (Wildman–Crippen MR) is 427 cm³/mol. The van der Waals surface area contributed by atoms with Gasteiger partial charge in [0.15, 0.2) is 5.69 Å². The van der Waals surface area contributed by atoms with Gasteiger partial charge in [0.2, 0.25) is 0 Å². The van der Waals surface area contributed by atoms with E-state index in [1.165, 1.54) is 22.0 Å². The van der Waals surface area contributed by atoms with Crippen LogP contribution in [0.25, 0.3) is 138 Å². The fourth-order valence-corrected chi connectivity index (χ4v) is 16.5. The minimum Gasteiger partial charge on any atom is -0.513 e. The second-order valence-electron chi connectivity index (χ2n) is 29.3. The van der Waals surface area contributed by atoms with E-state index < -0.39 is 48.0 Å². The van der Waals surface area contributed by atoms with Crippen LogP contribution in [0.3, 0.4) is 0 Å². The number of nitrogens with zero attached hydrogens (tertiary/aromatic N) is 10. The number of hydrogen-bond donors (Lipinski definition) is 0. The van der Waals surface area contributed by atoms with Crippen LogP contribution in [0, 0.1) is 30.3 Å². The summed E-state index contributed by atoms with van der Waals surface area (Å²) >= 11 is 0. The van der Waals surface area contributed by atoms with Crippen LogP contribution in [-0.4, -0.2) is 73.1 Å². The molecule has 0 unspecified atom stereocenters. The maximum atomic E-state index is 13.1. The molecule has 0 atom stereocenters. The average Bonchev–Trinajstić information content (AvgIpc) is 1.64. The Morgan fingerprint density at radius 1 is 0.322 bits per heavy atom. The first-order chi connectivity index (χ1) is 52.7. The van der Waals surface area contributed by atoms with Crippen molar-refractivity contribution >= 4 is 150 Å². The van der Waals surface area contributed by atoms with Crippen LogP contribution in [0.4, 0.5) is 26.3 Å². The molecule has 0 fully saturated rings. The maximum Gasteiger partial charge on any atom is 0.435 e. The molecule has 5 radical (unpaired) electrons. The van der Waals surface area contributed by atoms with Crippen LogP contribution in [-0.2, 0) is 113 Å². The van der Waals surface area contributed by atoms with Crippen molar-refractivity contribution in [1.82, 2.24) is 48.9 Å². The van der Waals surface area contributed by atoms with Crippen molar-refractivity contribution in [1.29, 1.82) is 0 Å². The summed E-state index contributed by atoms with van der Waals surface area (Å²) in [5.41, 5.74) is 8.63. The number of rotatable bonds is 8. The van der Waals surface area contributed by atoms with Crippen LogP contribution in [0.15, 0.2) is 266 Å². The van der Waals surface area contributed by atoms with Gasteiger partial charge in [-0.3, -0.25) is 18.7 Å². The van der Waals surface area contributed by atoms with Gasteiger partial charge in [0.05, 0.1) is 8.07 Å². The zero-order valence-corrected chi connectivity index (χ0v) is 77.5. The fraction of sp³-hybridized carbons (Fsp3) is 0.128. The third-order valence-electron chi connectivity index (χ3n) is 18.7. The summed E-state index contributed by atoms with van der Waals surface area (Å²) in [5, 5.41) is 35.0. The molecule has 595 valence electrons. The Labute approximate surface area is 725 Å². The molecule has 115 heavy (non-hydrogen) atoms. The molecule has 10 aromatic heterocycles. The Morgan fingerprint density at radius 2 is 0.661 bits per heavy atom. The number of para-hydroxylation sites is 5. The Hall–Kier alpha value is -9.27. The summed E-state index contributed by atoms with van der Waals surface area (Å²) in [6, 6.07) is 79.5. The van der Waals surface area contributed by atoms with Gasteiger partial charge < -0.3 is 22.1 Å². The zero-order valence-electron chi connectivity index (χ0n) is 62.5. The van der Waals surface area contributed by atoms with Gasteiger partial charge in [0.25, 0.3) is 0 Å². The smallest absolute Gasteiger partial charge is 0.435 e. The molecular weight excluding hydrogens is 2410 g/mol. The third kappa shape index (κ3) is 17.3. The second kappa shape index (κ2) is 34.5. The number of hydrogen-bond acceptors (Lipinski definition) is 10. The van der Waals surface area contributed by atoms with Crippen LogP contribution in [0.1, 0.15) is 11.4 Å². The van der Waals surface area contributed by atoms with Gasteiger partial charge in [-0.05, 0) is 88.2 Å². The first kappa shape index (κ1) is 86.6. The van der Waals surface area contributed by atoms with Gasteiger partial charge >= 0.3 is 12.4 Å². The van der Waals surface area contributed by atoms with E-state index in [0.29, 0.717) is 28.0 Å². The fourth-order valence-electron chi connectivity index (χ4n) is 13.2. The molecule has 0 saturated carbocycles. The van der Waals surface area contributed by atoms with Gasteiger partial charge in [0.1, 0.15) is 49.8 Å². The largest absolute Gasteiger partial charge is 0.513 e. The maximum absolute atomic E-state index is 13.1. The molecule has 15 nitrogen and oxygen atoms in total. The van der Waals surface area contributed by atoms with Crippen molar-refractivity contribution in [3.63, 3.8) is 0 Å². The van der Waals surface area contributed by atoms with Crippen molar-refractivity contribution in [2.45, 2.75) is 71.3 Å². The summed E-state index contributed by atoms with van der Waals surface area (Å²) in [5.74, 6) is 0. The molecule has 29 heteroatoms. The number of fused-ring (bicyclic) bond motifs is 15. The molecule has 10 aromatic carbocycles. The second-order valence-corrected chi connectivity index (χ2v) is 44.4. The van der Waals surface area contributed by atoms with Crippen molar-refractivity contribution in [2.75, 3.05) is 0 Å². The number of alkyl halides is 6. The molecule has 0 saturated heterocycles. The zero-order chi connectivity index (χ0) is 76.6. The minimum atomic E-state index is -4.50. The molecule has 0 aliphatic heterocycles. The molecule has 0 spiro atoms. The molecular formula is C86H67F6Ir5N10O5Si3-5. The molecule has 20 rings (SSSR count). The monoisotopic (exact) mass is 2480 g/mol. The van der Waals surface area contributed by atoms with Crippen molar-refractivity contribution in [3.05, 3.63) is 285 Å². The molecule has 20 aromatic rings. The number of furan rings is 5. The van der Waals surface area contributed by atoms with Gasteiger partial charge in [-0.2, -0.15) is 143 Å². The van der Waals surface area contributed by atoms with E-state index in [9.17, 15) is 26.3 Å². The quantitative estimate of drug-likeness (QED) is 0.0815. The summed E-state index contributed by atoms with van der Waals surface area (Å²) in [6.07, 6.45) is 1.34. The van der Waals surface area contributed by atoms with E-state index in [1.807, 2.05) is 166 Å². The molecule has 0 amide bonds. The van der Waals surface area contributed by atoms with Gasteiger partial charge in [-0.25, -0.2) is 4.68 Å². The third-order valence-corrected chi connectivity index (χ3v) is 24.4. The summed E-state index contributed by atoms with van der Waals surface area (Å²) in [6.45, 7) is 20.8. The van der Waals surface area contributed by atoms with Crippen molar-refractivity contribution in [2.24, 2.45) is 0 Å². The van der Waals surface area contributed by atoms with Crippen molar-refractivity contribution in [3.8, 4) is 28.4 Å². The molecule has 0 N–H and O–H groups in total. The van der Waals surface area contributed by atoms with Crippen LogP contribution >= 0.6 is 0 Å². The minimum absolute atomic E-state index is 0. The van der Waals surface area contributed by atoms with Gasteiger partial charge in [-0.15, -0.1) is 0 Å². The summed E-state index contributed by atoms with van der Waals surface area (Å²) in [4.78, 5) is 0.